The molecule has 1 heterocycles. The van der Waals surface area contributed by atoms with Crippen molar-refractivity contribution in [2.75, 3.05) is 145 Å². The van der Waals surface area contributed by atoms with Crippen molar-refractivity contribution in [1.29, 1.82) is 0 Å². The van der Waals surface area contributed by atoms with Gasteiger partial charge in [-0.25, -0.2) is 0 Å². The Labute approximate surface area is 295 Å². The van der Waals surface area contributed by atoms with E-state index in [1.807, 2.05) is 0 Å². The van der Waals surface area contributed by atoms with Crippen molar-refractivity contribution >= 4 is 23.7 Å². The minimum absolute atomic E-state index is 0.0100. The first-order valence-corrected chi connectivity index (χ1v) is 17.3. The molecule has 0 aromatic carbocycles. The molecule has 0 aromatic heterocycles. The second kappa shape index (κ2) is 34.9. The highest BCUT2D eigenvalue weighted by Gasteiger charge is 2.22. The van der Waals surface area contributed by atoms with Crippen LogP contribution in [0.3, 0.4) is 0 Å². The molecule has 0 aliphatic carbocycles. The van der Waals surface area contributed by atoms with Crippen LogP contribution >= 0.6 is 0 Å². The Bertz CT molecular complexity index is 875. The van der Waals surface area contributed by atoms with Gasteiger partial charge in [-0.1, -0.05) is 6.42 Å². The molecule has 0 saturated heterocycles. The third kappa shape index (κ3) is 30.3. The minimum Gasteiger partial charge on any atom is -0.481 e. The average Bonchev–Trinajstić information content (AvgIpc) is 3.42. The average molecular weight is 723 g/mol. The fourth-order valence-electron chi connectivity index (χ4n) is 3.98. The highest BCUT2D eigenvalue weighted by atomic mass is 16.6. The van der Waals surface area contributed by atoms with E-state index in [-0.39, 0.29) is 30.7 Å². The first-order chi connectivity index (χ1) is 24.5. The topological polar surface area (TPSA) is 196 Å². The van der Waals surface area contributed by atoms with Crippen LogP contribution in [0.2, 0.25) is 0 Å². The number of carbonyl (C=O) groups excluding carboxylic acids is 3. The molecule has 1 aliphatic rings. The summed E-state index contributed by atoms with van der Waals surface area (Å²) in [5.74, 6) is -1.48. The van der Waals surface area contributed by atoms with E-state index < -0.39 is 5.97 Å². The zero-order valence-electron chi connectivity index (χ0n) is 29.4. The lowest BCUT2D eigenvalue weighted by Gasteiger charge is -2.13. The number of nitrogens with zero attached hydrogens (tertiary/aromatic N) is 1. The lowest BCUT2D eigenvalue weighted by molar-refractivity contribution is -0.139. The van der Waals surface area contributed by atoms with Gasteiger partial charge in [-0.05, 0) is 12.8 Å². The second-order valence-electron chi connectivity index (χ2n) is 10.6. The maximum atomic E-state index is 11.9. The Kier molecular flexibility index (Phi) is 31.7. The Balaban J connectivity index is 1.65. The molecule has 0 atom stereocenters. The molecule has 0 fully saturated rings. The van der Waals surface area contributed by atoms with Gasteiger partial charge in [-0.3, -0.25) is 24.1 Å². The zero-order chi connectivity index (χ0) is 36.2. The normalized spacial score (nSPS) is 12.8. The molecular formula is C33H58N2O15. The van der Waals surface area contributed by atoms with Crippen LogP contribution in [0.5, 0.6) is 0 Å². The van der Waals surface area contributed by atoms with Gasteiger partial charge >= 0.3 is 5.97 Å². The van der Waals surface area contributed by atoms with Crippen LogP contribution in [0.25, 0.3) is 0 Å². The van der Waals surface area contributed by atoms with E-state index in [0.717, 1.165) is 6.42 Å². The Morgan fingerprint density at radius 1 is 0.480 bits per heavy atom. The molecule has 3 amide bonds. The van der Waals surface area contributed by atoms with Crippen molar-refractivity contribution in [1.82, 2.24) is 10.2 Å². The number of imide groups is 1. The number of hydrogen-bond donors (Lipinski definition) is 2. The number of rotatable bonds is 39. The van der Waals surface area contributed by atoms with E-state index in [9.17, 15) is 19.2 Å². The number of carbonyl (C=O) groups is 4. The van der Waals surface area contributed by atoms with Gasteiger partial charge in [0.2, 0.25) is 5.91 Å². The van der Waals surface area contributed by atoms with Crippen LogP contribution in [0.15, 0.2) is 12.2 Å². The lowest BCUT2D eigenvalue weighted by Crippen LogP contribution is -2.31. The third-order valence-electron chi connectivity index (χ3n) is 6.56. The standard InChI is InChI=1S/C33H58N2O15/c36-30(4-2-1-3-9-35-31(37)5-6-32(35)38)34-8-11-42-13-15-44-17-19-46-21-23-48-25-27-50-29-28-49-26-24-47-22-20-45-18-16-43-14-12-41-10-7-33(39)40/h5-6H,1-4,7-29H2,(H,34,36)(H,39,40). The number of carboxylic acids is 1. The van der Waals surface area contributed by atoms with Crippen molar-refractivity contribution < 1.29 is 71.7 Å². The Morgan fingerprint density at radius 2 is 0.820 bits per heavy atom. The molecule has 0 spiro atoms. The smallest absolute Gasteiger partial charge is 0.305 e. The summed E-state index contributed by atoms with van der Waals surface area (Å²) < 4.78 is 54.0. The highest BCUT2D eigenvalue weighted by molar-refractivity contribution is 6.12. The van der Waals surface area contributed by atoms with Crippen LogP contribution in [0, 0.1) is 0 Å². The summed E-state index contributed by atoms with van der Waals surface area (Å²) in [6.07, 6.45) is 5.07. The third-order valence-corrected chi connectivity index (χ3v) is 6.56. The number of nitrogens with one attached hydrogen (secondary N) is 1. The molecule has 290 valence electrons. The molecule has 17 nitrogen and oxygen atoms in total. The van der Waals surface area contributed by atoms with Gasteiger partial charge in [-0.2, -0.15) is 0 Å². The zero-order valence-corrected chi connectivity index (χ0v) is 29.4. The van der Waals surface area contributed by atoms with Gasteiger partial charge in [0, 0.05) is 31.7 Å². The van der Waals surface area contributed by atoms with E-state index in [2.05, 4.69) is 5.32 Å². The van der Waals surface area contributed by atoms with E-state index in [0.29, 0.717) is 158 Å². The minimum atomic E-state index is -0.881. The first kappa shape index (κ1) is 45.4. The van der Waals surface area contributed by atoms with Crippen molar-refractivity contribution in [2.45, 2.75) is 32.1 Å². The number of carboxylic acid groups (broad SMARTS) is 1. The second-order valence-corrected chi connectivity index (χ2v) is 10.6. The quantitative estimate of drug-likeness (QED) is 0.0646. The molecular weight excluding hydrogens is 664 g/mol. The summed E-state index contributed by atoms with van der Waals surface area (Å²) in [7, 11) is 0. The van der Waals surface area contributed by atoms with Crippen molar-refractivity contribution in [3.8, 4) is 0 Å². The van der Waals surface area contributed by atoms with E-state index >= 15 is 0 Å². The molecule has 1 aliphatic heterocycles. The van der Waals surface area contributed by atoms with Crippen molar-refractivity contribution in [2.24, 2.45) is 0 Å². The highest BCUT2D eigenvalue weighted by Crippen LogP contribution is 2.07. The summed E-state index contributed by atoms with van der Waals surface area (Å²) in [6, 6.07) is 0. The number of aliphatic carboxylic acids is 1. The number of ether oxygens (including phenoxy) is 10. The van der Waals surface area contributed by atoms with E-state index in [1.54, 1.807) is 0 Å². The molecule has 0 unspecified atom stereocenters. The number of unbranched alkanes of at least 4 members (excludes halogenated alkanes) is 2. The van der Waals surface area contributed by atoms with Crippen LogP contribution in [0.4, 0.5) is 0 Å². The van der Waals surface area contributed by atoms with Gasteiger partial charge in [0.25, 0.3) is 11.8 Å². The van der Waals surface area contributed by atoms with E-state index in [4.69, 9.17) is 52.5 Å². The van der Waals surface area contributed by atoms with Gasteiger partial charge < -0.3 is 57.8 Å². The summed E-state index contributed by atoms with van der Waals surface area (Å²) >= 11 is 0. The van der Waals surface area contributed by atoms with E-state index in [1.165, 1.54) is 17.1 Å². The summed E-state index contributed by atoms with van der Waals surface area (Å²) in [5.41, 5.74) is 0. The number of amides is 3. The predicted molar refractivity (Wildman–Crippen MR) is 178 cm³/mol. The fourth-order valence-corrected chi connectivity index (χ4v) is 3.98. The SMILES string of the molecule is O=C(O)CCOCCOCCOCCOCCOCCOCCOCCOCCOCCOCCNC(=O)CCCCCN1C(=O)C=CC1=O. The summed E-state index contributed by atoms with van der Waals surface area (Å²) in [5, 5.41) is 11.3. The van der Waals surface area contributed by atoms with Crippen LogP contribution in [-0.2, 0) is 66.5 Å². The molecule has 0 aromatic rings. The van der Waals surface area contributed by atoms with Crippen molar-refractivity contribution in [3.63, 3.8) is 0 Å². The van der Waals surface area contributed by atoms with Crippen molar-refractivity contribution in [3.05, 3.63) is 12.2 Å². The van der Waals surface area contributed by atoms with Crippen LogP contribution in [0.1, 0.15) is 32.1 Å². The van der Waals surface area contributed by atoms with Gasteiger partial charge in [0.15, 0.2) is 0 Å². The first-order valence-electron chi connectivity index (χ1n) is 17.3. The maximum absolute atomic E-state index is 11.9. The fraction of sp³-hybridized carbons (Fsp3) is 0.818. The summed E-state index contributed by atoms with van der Waals surface area (Å²) in [6.45, 7) is 9.46. The Morgan fingerprint density at radius 3 is 1.18 bits per heavy atom. The molecule has 0 bridgehead atoms. The molecule has 2 N–H and O–H groups in total. The van der Waals surface area contributed by atoms with Gasteiger partial charge in [0.1, 0.15) is 0 Å². The van der Waals surface area contributed by atoms with Crippen LogP contribution in [-0.4, -0.2) is 179 Å². The molecule has 17 heteroatoms. The van der Waals surface area contributed by atoms with Gasteiger partial charge in [0.05, 0.1) is 139 Å². The summed E-state index contributed by atoms with van der Waals surface area (Å²) in [4.78, 5) is 46.4. The monoisotopic (exact) mass is 722 g/mol. The largest absolute Gasteiger partial charge is 0.481 e. The maximum Gasteiger partial charge on any atom is 0.305 e. The molecule has 0 saturated carbocycles. The van der Waals surface area contributed by atoms with Gasteiger partial charge in [-0.15, -0.1) is 0 Å². The molecule has 0 radical (unpaired) electrons. The molecule has 1 rings (SSSR count). The Hall–Kier alpha value is -2.58. The predicted octanol–water partition coefficient (Wildman–Crippen LogP) is 0.229. The number of hydrogen-bond acceptors (Lipinski definition) is 14. The molecule has 50 heavy (non-hydrogen) atoms. The van der Waals surface area contributed by atoms with Crippen LogP contribution < -0.4 is 5.32 Å². The lowest BCUT2D eigenvalue weighted by atomic mass is 10.2.